The highest BCUT2D eigenvalue weighted by atomic mass is 31.2. The molecular weight excluding hydrogens is 561 g/mol. The Kier molecular flexibility index (Phi) is 9.78. The van der Waals surface area contributed by atoms with E-state index < -0.39 is 75.7 Å². The van der Waals surface area contributed by atoms with Gasteiger partial charge in [0.15, 0.2) is 0 Å². The van der Waals surface area contributed by atoms with E-state index in [1.54, 1.807) is 0 Å². The molecule has 0 amide bonds. The van der Waals surface area contributed by atoms with E-state index in [9.17, 15) is 22.8 Å². The molecule has 0 aliphatic heterocycles. The lowest BCUT2D eigenvalue weighted by atomic mass is 9.84. The molecule has 6 atom stereocenters. The van der Waals surface area contributed by atoms with Crippen molar-refractivity contribution in [3.8, 4) is 0 Å². The fourth-order valence-electron chi connectivity index (χ4n) is 2.60. The predicted molar refractivity (Wildman–Crippen MR) is 92.6 cm³/mol. The first-order valence-electron chi connectivity index (χ1n) is 7.34. The van der Waals surface area contributed by atoms with Gasteiger partial charge in [0.05, 0.1) is 6.04 Å². The van der Waals surface area contributed by atoms with Gasteiger partial charge in [-0.05, 0) is 0 Å². The Morgan fingerprint density at radius 2 is 0.562 bits per heavy atom. The zero-order valence-corrected chi connectivity index (χ0v) is 19.3. The number of hydrogen-bond donors (Lipinski definition) is 11. The summed E-state index contributed by atoms with van der Waals surface area (Å²) in [5, 5.41) is 0. The minimum absolute atomic E-state index is 2.39. The van der Waals surface area contributed by atoms with Crippen LogP contribution >= 0.6 is 39.1 Å². The molecule has 26 heteroatoms. The van der Waals surface area contributed by atoms with Gasteiger partial charge in [0.1, 0.15) is 30.5 Å². The van der Waals surface area contributed by atoms with E-state index in [2.05, 4.69) is 22.6 Å². The third-order valence-electron chi connectivity index (χ3n) is 3.35. The Labute approximate surface area is 176 Å². The van der Waals surface area contributed by atoms with Crippen LogP contribution < -0.4 is 5.73 Å². The van der Waals surface area contributed by atoms with Crippen LogP contribution in [0.15, 0.2) is 0 Å². The highest BCUT2D eigenvalue weighted by Crippen LogP contribution is 2.54. The molecule has 21 nitrogen and oxygen atoms in total. The number of phosphoric acid groups is 5. The summed E-state index contributed by atoms with van der Waals surface area (Å²) >= 11 is 0. The molecule has 12 N–H and O–H groups in total. The summed E-state index contributed by atoms with van der Waals surface area (Å²) in [6.45, 7) is 0. The maximum absolute atomic E-state index is 11.3. The van der Waals surface area contributed by atoms with Crippen molar-refractivity contribution in [2.75, 3.05) is 0 Å². The molecule has 0 aromatic heterocycles. The van der Waals surface area contributed by atoms with Crippen LogP contribution in [-0.2, 0) is 45.4 Å². The summed E-state index contributed by atoms with van der Waals surface area (Å²) < 4.78 is 77.3. The molecule has 0 bridgehead atoms. The summed E-state index contributed by atoms with van der Waals surface area (Å²) in [7, 11) is -28.8. The Bertz CT molecular complexity index is 830. The maximum atomic E-state index is 11.3. The molecule has 192 valence electrons. The molecule has 1 aliphatic carbocycles. The zero-order chi connectivity index (χ0) is 25.5. The van der Waals surface area contributed by atoms with Crippen LogP contribution in [0.3, 0.4) is 0 Å². The number of phosphoric ester groups is 5. The molecule has 0 radical (unpaired) electrons. The molecule has 0 aromatic carbocycles. The van der Waals surface area contributed by atoms with Gasteiger partial charge in [-0.15, -0.1) is 0 Å². The van der Waals surface area contributed by atoms with Crippen molar-refractivity contribution in [3.05, 3.63) is 0 Å². The first-order chi connectivity index (χ1) is 13.9. The zero-order valence-electron chi connectivity index (χ0n) is 14.8. The Morgan fingerprint density at radius 1 is 0.406 bits per heavy atom. The summed E-state index contributed by atoms with van der Waals surface area (Å²) in [6.07, 6.45) is -13.7. The lowest BCUT2D eigenvalue weighted by molar-refractivity contribution is -0.166. The highest BCUT2D eigenvalue weighted by Gasteiger charge is 2.60. The summed E-state index contributed by atoms with van der Waals surface area (Å²) in [4.78, 5) is 90.5. The minimum Gasteiger partial charge on any atom is -0.323 e. The van der Waals surface area contributed by atoms with Crippen molar-refractivity contribution in [2.45, 2.75) is 36.6 Å². The number of hydrogen-bond acceptors (Lipinski definition) is 11. The number of rotatable bonds is 10. The van der Waals surface area contributed by atoms with Gasteiger partial charge in [-0.2, -0.15) is 0 Å². The average molecular weight is 579 g/mol. The first kappa shape index (κ1) is 30.5. The molecule has 1 aliphatic rings. The van der Waals surface area contributed by atoms with Crippen LogP contribution in [0.1, 0.15) is 0 Å². The van der Waals surface area contributed by atoms with Crippen LogP contribution in [0, 0.1) is 0 Å². The van der Waals surface area contributed by atoms with Crippen molar-refractivity contribution in [1.82, 2.24) is 0 Å². The van der Waals surface area contributed by atoms with Crippen molar-refractivity contribution < 1.29 is 94.4 Å². The molecule has 1 fully saturated rings. The van der Waals surface area contributed by atoms with Crippen molar-refractivity contribution in [1.29, 1.82) is 0 Å². The molecule has 1 saturated carbocycles. The average Bonchev–Trinajstić information content (AvgIpc) is 2.45. The van der Waals surface area contributed by atoms with E-state index >= 15 is 0 Å². The van der Waals surface area contributed by atoms with E-state index in [-0.39, 0.29) is 0 Å². The minimum atomic E-state index is -5.82. The lowest BCUT2D eigenvalue weighted by Gasteiger charge is -2.47. The number of nitrogens with two attached hydrogens (primary N) is 1. The standard InChI is InChI=1S/C6H18NO20P5/c7-1-2(23-28(8,9)10)4(25-30(14,15)16)6(27-32(20,21)22)5(26-31(17,18)19)3(1)24-29(11,12)13/h1-6H,7H2,(H2,8,9,10)(H2,11,12,13)(H2,14,15,16)(H2,17,18,19)(H2,20,21,22)/t1?,2-,3-,4-,5+,6?/m0/s1. The molecule has 0 heterocycles. The van der Waals surface area contributed by atoms with Crippen molar-refractivity contribution in [3.63, 3.8) is 0 Å². The van der Waals surface area contributed by atoms with E-state index in [4.69, 9.17) is 54.7 Å². The van der Waals surface area contributed by atoms with Gasteiger partial charge in [-0.3, -0.25) is 22.6 Å². The second kappa shape index (κ2) is 10.2. The van der Waals surface area contributed by atoms with Crippen LogP contribution in [0.2, 0.25) is 0 Å². The van der Waals surface area contributed by atoms with Gasteiger partial charge in [0.25, 0.3) is 0 Å². The molecule has 0 saturated heterocycles. The fourth-order valence-corrected chi connectivity index (χ4v) is 5.43. The van der Waals surface area contributed by atoms with Gasteiger partial charge in [0.2, 0.25) is 0 Å². The summed E-state index contributed by atoms with van der Waals surface area (Å²) in [6, 6.07) is -2.39. The lowest BCUT2D eigenvalue weighted by Crippen LogP contribution is -2.68. The maximum Gasteiger partial charge on any atom is 0.470 e. The van der Waals surface area contributed by atoms with Crippen LogP contribution in [0.4, 0.5) is 0 Å². The molecule has 32 heavy (non-hydrogen) atoms. The van der Waals surface area contributed by atoms with Crippen molar-refractivity contribution in [2.24, 2.45) is 5.73 Å². The van der Waals surface area contributed by atoms with Crippen LogP contribution in [-0.4, -0.2) is 85.5 Å². The first-order valence-corrected chi connectivity index (χ1v) is 15.0. The van der Waals surface area contributed by atoms with E-state index in [1.165, 1.54) is 0 Å². The molecule has 0 spiro atoms. The normalized spacial score (nSPS) is 31.0. The highest BCUT2D eigenvalue weighted by molar-refractivity contribution is 7.47. The third-order valence-corrected chi connectivity index (χ3v) is 5.94. The van der Waals surface area contributed by atoms with Gasteiger partial charge < -0.3 is 54.7 Å². The quantitative estimate of drug-likeness (QED) is 0.113. The second-order valence-corrected chi connectivity index (χ2v) is 11.8. The Hall–Kier alpha value is 0.510. The molecular formula is C6H18NO20P5. The smallest absolute Gasteiger partial charge is 0.323 e. The van der Waals surface area contributed by atoms with E-state index in [0.717, 1.165) is 0 Å². The monoisotopic (exact) mass is 579 g/mol. The van der Waals surface area contributed by atoms with Crippen LogP contribution in [0.5, 0.6) is 0 Å². The Balaban J connectivity index is 3.77. The largest absolute Gasteiger partial charge is 0.470 e. The summed E-state index contributed by atoms with van der Waals surface area (Å²) in [5.41, 5.74) is 5.53. The third kappa shape index (κ3) is 10.8. The molecule has 1 rings (SSSR count). The van der Waals surface area contributed by atoms with Crippen LogP contribution in [0.25, 0.3) is 0 Å². The second-order valence-electron chi connectivity index (χ2n) is 5.88. The summed E-state index contributed by atoms with van der Waals surface area (Å²) in [5.74, 6) is 0. The van der Waals surface area contributed by atoms with Gasteiger partial charge in [-0.25, -0.2) is 22.8 Å². The van der Waals surface area contributed by atoms with Gasteiger partial charge >= 0.3 is 39.1 Å². The molecule has 0 aromatic rings. The SMILES string of the molecule is NC1[C@H](OP(=O)(O)O)[C@H](OP(=O)(O)O)C(OP(=O)(O)O)[C@H](OP(=O)(O)O)[C@H]1OP(=O)(O)O. The van der Waals surface area contributed by atoms with Gasteiger partial charge in [-0.1, -0.05) is 0 Å². The molecule has 2 unspecified atom stereocenters. The van der Waals surface area contributed by atoms with Crippen molar-refractivity contribution >= 4 is 39.1 Å². The van der Waals surface area contributed by atoms with E-state index in [0.29, 0.717) is 0 Å². The van der Waals surface area contributed by atoms with Gasteiger partial charge in [0, 0.05) is 0 Å². The topological polar surface area (TPSA) is 360 Å². The predicted octanol–water partition coefficient (Wildman–Crippen LogP) is -3.28. The van der Waals surface area contributed by atoms with E-state index in [1.807, 2.05) is 0 Å². The fraction of sp³-hybridized carbons (Fsp3) is 1.00. The Morgan fingerprint density at radius 3 is 0.750 bits per heavy atom.